The number of carbonyl (C=O) groups excluding carboxylic acids is 1. The summed E-state index contributed by atoms with van der Waals surface area (Å²) < 4.78 is 29.8. The van der Waals surface area contributed by atoms with Crippen molar-refractivity contribution in [1.82, 2.24) is 10.0 Å². The summed E-state index contributed by atoms with van der Waals surface area (Å²) in [7, 11) is 1.60. The van der Waals surface area contributed by atoms with Crippen molar-refractivity contribution in [3.8, 4) is 5.75 Å². The highest BCUT2D eigenvalue weighted by Crippen LogP contribution is 2.26. The number of benzene rings is 1. The Morgan fingerprint density at radius 2 is 1.60 bits per heavy atom. The number of methoxy groups -OCH3 is 1. The number of nitrogen functional groups attached to an aromatic ring is 1. The Balaban J connectivity index is 1.86. The normalized spacial score (nSPS) is 11.3. The van der Waals surface area contributed by atoms with Crippen molar-refractivity contribution in [2.75, 3.05) is 65.6 Å². The zero-order valence-corrected chi connectivity index (χ0v) is 19.1. The van der Waals surface area contributed by atoms with Crippen molar-refractivity contribution >= 4 is 23.7 Å². The third-order valence-electron chi connectivity index (χ3n) is 3.40. The average molecular weight is 446 g/mol. The highest BCUT2D eigenvalue weighted by atomic mass is 32.2. The third kappa shape index (κ3) is 13.5. The minimum Gasteiger partial charge on any atom is -0.495 e. The van der Waals surface area contributed by atoms with E-state index in [0.29, 0.717) is 64.2 Å². The van der Waals surface area contributed by atoms with E-state index >= 15 is 0 Å². The second-order valence-corrected chi connectivity index (χ2v) is 8.13. The van der Waals surface area contributed by atoms with Gasteiger partial charge in [0.05, 0.1) is 52.4 Å². The van der Waals surface area contributed by atoms with Gasteiger partial charge >= 0.3 is 6.09 Å². The van der Waals surface area contributed by atoms with Crippen molar-refractivity contribution in [2.45, 2.75) is 31.3 Å². The fourth-order valence-corrected chi connectivity index (χ4v) is 2.74. The second kappa shape index (κ2) is 15.1. The van der Waals surface area contributed by atoms with Gasteiger partial charge in [-0.3, -0.25) is 4.72 Å². The van der Waals surface area contributed by atoms with E-state index in [1.54, 1.807) is 7.11 Å². The lowest BCUT2D eigenvalue weighted by atomic mass is 10.2. The highest BCUT2D eigenvalue weighted by molar-refractivity contribution is 7.97. The van der Waals surface area contributed by atoms with Crippen LogP contribution in [0.15, 0.2) is 23.1 Å². The number of rotatable bonds is 15. The molecule has 0 saturated heterocycles. The number of hydrogen-bond donors (Lipinski definition) is 3. The van der Waals surface area contributed by atoms with Crippen molar-refractivity contribution in [1.29, 1.82) is 0 Å². The molecule has 1 aromatic carbocycles. The molecule has 1 aromatic rings. The Bertz CT molecular complexity index is 613. The largest absolute Gasteiger partial charge is 0.495 e. The lowest BCUT2D eigenvalue weighted by molar-refractivity contribution is 0.0150. The van der Waals surface area contributed by atoms with Gasteiger partial charge in [0.25, 0.3) is 0 Å². The van der Waals surface area contributed by atoms with Crippen LogP contribution in [0.3, 0.4) is 0 Å². The summed E-state index contributed by atoms with van der Waals surface area (Å²) in [6.45, 7) is 9.48. The van der Waals surface area contributed by atoms with Gasteiger partial charge in [0, 0.05) is 18.0 Å². The molecule has 0 aromatic heterocycles. The van der Waals surface area contributed by atoms with E-state index in [0.717, 1.165) is 4.90 Å². The number of nitrogens with one attached hydrogen (secondary N) is 2. The molecule has 1 rings (SSSR count). The predicted octanol–water partition coefficient (Wildman–Crippen LogP) is 2.45. The Morgan fingerprint density at radius 3 is 2.20 bits per heavy atom. The van der Waals surface area contributed by atoms with Gasteiger partial charge in [-0.05, 0) is 50.9 Å². The van der Waals surface area contributed by atoms with Gasteiger partial charge in [-0.2, -0.15) is 0 Å². The monoisotopic (exact) mass is 445 g/mol. The predicted molar refractivity (Wildman–Crippen MR) is 118 cm³/mol. The first-order chi connectivity index (χ1) is 14.3. The highest BCUT2D eigenvalue weighted by Gasteiger charge is 2.15. The van der Waals surface area contributed by atoms with Crippen LogP contribution >= 0.6 is 11.9 Å². The smallest absolute Gasteiger partial charge is 0.407 e. The number of nitrogens with two attached hydrogens (primary N) is 1. The third-order valence-corrected chi connectivity index (χ3v) is 4.24. The van der Waals surface area contributed by atoms with Crippen LogP contribution in [0.2, 0.25) is 0 Å². The van der Waals surface area contributed by atoms with Crippen LogP contribution in [0.4, 0.5) is 10.5 Å². The zero-order valence-electron chi connectivity index (χ0n) is 18.3. The standard InChI is InChI=1S/C20H35N3O6S/c1-20(2,3)29-19(24)22-7-9-26-11-13-28-14-12-27-10-8-23-30-16-5-6-17(21)18(15-16)25-4/h5-6,15,23H,7-14,21H2,1-4H3,(H,22,24). The molecule has 0 atom stereocenters. The summed E-state index contributed by atoms with van der Waals surface area (Å²) in [5, 5.41) is 2.63. The molecular formula is C20H35N3O6S. The van der Waals surface area contributed by atoms with Gasteiger partial charge in [-0.1, -0.05) is 0 Å². The summed E-state index contributed by atoms with van der Waals surface area (Å²) in [6.07, 6.45) is -0.444. The van der Waals surface area contributed by atoms with Gasteiger partial charge in [-0.25, -0.2) is 4.79 Å². The molecule has 1 amide bonds. The number of alkyl carbamates (subject to hydrolysis) is 1. The van der Waals surface area contributed by atoms with Gasteiger partial charge in [-0.15, -0.1) is 0 Å². The summed E-state index contributed by atoms with van der Waals surface area (Å²) in [5.74, 6) is 0.665. The Kier molecular flexibility index (Phi) is 13.3. The van der Waals surface area contributed by atoms with Gasteiger partial charge < -0.3 is 34.7 Å². The number of amides is 1. The molecule has 0 heterocycles. The molecule has 0 bridgehead atoms. The Labute approximate surface area is 183 Å². The summed E-state index contributed by atoms with van der Waals surface area (Å²) in [5.41, 5.74) is 5.91. The molecule has 0 spiro atoms. The van der Waals surface area contributed by atoms with Gasteiger partial charge in [0.15, 0.2) is 0 Å². The van der Waals surface area contributed by atoms with E-state index in [1.807, 2.05) is 39.0 Å². The minimum atomic E-state index is -0.499. The maximum Gasteiger partial charge on any atom is 0.407 e. The zero-order chi connectivity index (χ0) is 22.2. The molecular weight excluding hydrogens is 410 g/mol. The summed E-state index contributed by atoms with van der Waals surface area (Å²) in [4.78, 5) is 12.4. The van der Waals surface area contributed by atoms with E-state index in [2.05, 4.69) is 10.0 Å². The molecule has 30 heavy (non-hydrogen) atoms. The molecule has 4 N–H and O–H groups in total. The van der Waals surface area contributed by atoms with Crippen molar-refractivity contribution in [3.63, 3.8) is 0 Å². The topological polar surface area (TPSA) is 113 Å². The molecule has 172 valence electrons. The van der Waals surface area contributed by atoms with Crippen molar-refractivity contribution < 1.29 is 28.5 Å². The van der Waals surface area contributed by atoms with Crippen LogP contribution in [0.1, 0.15) is 20.8 Å². The maximum atomic E-state index is 11.4. The van der Waals surface area contributed by atoms with E-state index in [9.17, 15) is 4.79 Å². The Morgan fingerprint density at radius 1 is 1.00 bits per heavy atom. The molecule has 0 saturated carbocycles. The number of carbonyl (C=O) groups is 1. The number of anilines is 1. The molecule has 0 aliphatic heterocycles. The van der Waals surface area contributed by atoms with Crippen LogP contribution in [-0.2, 0) is 18.9 Å². The second-order valence-electron chi connectivity index (χ2n) is 7.17. The SMILES string of the molecule is COc1cc(SNCCOCCOCCOCCNC(=O)OC(C)(C)C)ccc1N. The van der Waals surface area contributed by atoms with Crippen molar-refractivity contribution in [3.05, 3.63) is 18.2 Å². The molecule has 0 fully saturated rings. The molecule has 0 radical (unpaired) electrons. The lowest BCUT2D eigenvalue weighted by Gasteiger charge is -2.19. The van der Waals surface area contributed by atoms with Gasteiger partial charge in [0.1, 0.15) is 11.4 Å². The first kappa shape index (κ1) is 26.3. The first-order valence-electron chi connectivity index (χ1n) is 9.85. The quantitative estimate of drug-likeness (QED) is 0.213. The first-order valence-corrected chi connectivity index (χ1v) is 10.7. The molecule has 10 heteroatoms. The van der Waals surface area contributed by atoms with Gasteiger partial charge in [0.2, 0.25) is 0 Å². The maximum absolute atomic E-state index is 11.4. The van der Waals surface area contributed by atoms with E-state index < -0.39 is 11.7 Å². The van der Waals surface area contributed by atoms with E-state index in [1.165, 1.54) is 11.9 Å². The number of hydrogen-bond acceptors (Lipinski definition) is 9. The fourth-order valence-electron chi connectivity index (χ4n) is 2.08. The Hall–Kier alpha value is -1.72. The molecule has 9 nitrogen and oxygen atoms in total. The summed E-state index contributed by atoms with van der Waals surface area (Å²) >= 11 is 1.50. The number of ether oxygens (including phenoxy) is 5. The molecule has 0 unspecified atom stereocenters. The summed E-state index contributed by atoms with van der Waals surface area (Å²) in [6, 6.07) is 5.63. The van der Waals surface area contributed by atoms with E-state index in [4.69, 9.17) is 29.4 Å². The lowest BCUT2D eigenvalue weighted by Crippen LogP contribution is -2.34. The van der Waals surface area contributed by atoms with Crippen LogP contribution in [0.5, 0.6) is 5.75 Å². The average Bonchev–Trinajstić information content (AvgIpc) is 2.68. The van der Waals surface area contributed by atoms with Crippen molar-refractivity contribution in [2.24, 2.45) is 0 Å². The minimum absolute atomic E-state index is 0.395. The van der Waals surface area contributed by atoms with E-state index in [-0.39, 0.29) is 0 Å². The van der Waals surface area contributed by atoms with Crippen LogP contribution in [0.25, 0.3) is 0 Å². The molecule has 0 aliphatic carbocycles. The molecule has 0 aliphatic rings. The van der Waals surface area contributed by atoms with Crippen LogP contribution < -0.4 is 20.5 Å². The van der Waals surface area contributed by atoms with Crippen LogP contribution in [0, 0.1) is 0 Å². The fraction of sp³-hybridized carbons (Fsp3) is 0.650. The van der Waals surface area contributed by atoms with Crippen LogP contribution in [-0.4, -0.2) is 71.5 Å².